The number of hydrogen-bond donors (Lipinski definition) is 1. The lowest BCUT2D eigenvalue weighted by molar-refractivity contribution is -0.138. The number of benzene rings is 2. The third-order valence-electron chi connectivity index (χ3n) is 4.94. The first-order valence-corrected chi connectivity index (χ1v) is 8.81. The van der Waals surface area contributed by atoms with Crippen LogP contribution in [0.25, 0.3) is 10.8 Å². The van der Waals surface area contributed by atoms with Crippen LogP contribution in [0, 0.1) is 0 Å². The van der Waals surface area contributed by atoms with Gasteiger partial charge in [-0.3, -0.25) is 9.59 Å². The minimum absolute atomic E-state index is 0.0104. The summed E-state index contributed by atoms with van der Waals surface area (Å²) < 4.78 is 0. The van der Waals surface area contributed by atoms with Gasteiger partial charge in [0.2, 0.25) is 5.91 Å². The molecule has 5 heteroatoms. The van der Waals surface area contributed by atoms with Crippen LogP contribution in [0.2, 0.25) is 0 Å². The Morgan fingerprint density at radius 2 is 1.96 bits per heavy atom. The molecule has 0 aliphatic carbocycles. The van der Waals surface area contributed by atoms with Gasteiger partial charge in [-0.05, 0) is 17.9 Å². The largest absolute Gasteiger partial charge is 0.506 e. The van der Waals surface area contributed by atoms with Crippen molar-refractivity contribution in [3.05, 3.63) is 42.0 Å². The van der Waals surface area contributed by atoms with Crippen molar-refractivity contribution in [3.63, 3.8) is 0 Å². The fourth-order valence-electron chi connectivity index (χ4n) is 3.41. The third kappa shape index (κ3) is 3.18. The Kier molecular flexibility index (Phi) is 4.93. The van der Waals surface area contributed by atoms with Crippen molar-refractivity contribution >= 4 is 22.6 Å². The van der Waals surface area contributed by atoms with Crippen LogP contribution in [-0.4, -0.2) is 52.9 Å². The highest BCUT2D eigenvalue weighted by Gasteiger charge is 2.36. The number of piperazine rings is 1. The van der Waals surface area contributed by atoms with E-state index in [1.165, 1.54) is 0 Å². The van der Waals surface area contributed by atoms with Crippen LogP contribution in [0.4, 0.5) is 0 Å². The Hall–Kier alpha value is -2.56. The maximum atomic E-state index is 13.1. The minimum Gasteiger partial charge on any atom is -0.506 e. The summed E-state index contributed by atoms with van der Waals surface area (Å²) in [4.78, 5) is 28.9. The topological polar surface area (TPSA) is 60.9 Å². The van der Waals surface area contributed by atoms with Crippen molar-refractivity contribution in [3.8, 4) is 5.75 Å². The molecule has 0 bridgehead atoms. The quantitative estimate of drug-likeness (QED) is 0.931. The molecule has 5 nitrogen and oxygen atoms in total. The fourth-order valence-corrected chi connectivity index (χ4v) is 3.41. The van der Waals surface area contributed by atoms with Crippen LogP contribution >= 0.6 is 0 Å². The molecule has 0 aromatic heterocycles. The first kappa shape index (κ1) is 17.3. The molecule has 1 aliphatic heterocycles. The molecule has 1 N–H and O–H groups in total. The Morgan fingerprint density at radius 3 is 2.72 bits per heavy atom. The van der Waals surface area contributed by atoms with Crippen LogP contribution in [0.1, 0.15) is 36.5 Å². The van der Waals surface area contributed by atoms with E-state index in [-0.39, 0.29) is 23.1 Å². The Balaban J connectivity index is 1.95. The zero-order valence-electron chi connectivity index (χ0n) is 14.7. The second-order valence-corrected chi connectivity index (χ2v) is 6.60. The van der Waals surface area contributed by atoms with Gasteiger partial charge < -0.3 is 14.9 Å². The summed E-state index contributed by atoms with van der Waals surface area (Å²) in [6, 6.07) is 10.5. The zero-order valence-corrected chi connectivity index (χ0v) is 14.7. The van der Waals surface area contributed by atoms with E-state index in [9.17, 15) is 14.7 Å². The number of unbranched alkanes of at least 4 members (excludes halogenated alkanes) is 1. The van der Waals surface area contributed by atoms with Gasteiger partial charge in [0.05, 0.1) is 5.56 Å². The molecule has 1 saturated heterocycles. The maximum absolute atomic E-state index is 13.1. The predicted octanol–water partition coefficient (Wildman–Crippen LogP) is 3.02. The number of amides is 2. The number of phenolic OH excluding ortho intramolecular Hbond substituents is 1. The Labute approximate surface area is 147 Å². The van der Waals surface area contributed by atoms with Gasteiger partial charge in [-0.2, -0.15) is 0 Å². The lowest BCUT2D eigenvalue weighted by Crippen LogP contribution is -2.57. The molecule has 2 aromatic carbocycles. The monoisotopic (exact) mass is 340 g/mol. The SMILES string of the molecule is CCCC[C@H]1C(=O)N(C)CCN1C(=O)c1ccc2ccccc2c1O. The average molecular weight is 340 g/mol. The molecule has 25 heavy (non-hydrogen) atoms. The summed E-state index contributed by atoms with van der Waals surface area (Å²) in [5.41, 5.74) is 0.262. The summed E-state index contributed by atoms with van der Waals surface area (Å²) >= 11 is 0. The van der Waals surface area contributed by atoms with Gasteiger partial charge in [-0.1, -0.05) is 50.1 Å². The van der Waals surface area contributed by atoms with Crippen LogP contribution in [0.5, 0.6) is 5.75 Å². The molecular formula is C20H24N2O3. The summed E-state index contributed by atoms with van der Waals surface area (Å²) in [7, 11) is 1.77. The number of carbonyl (C=O) groups excluding carboxylic acids is 2. The number of hydrogen-bond acceptors (Lipinski definition) is 3. The summed E-state index contributed by atoms with van der Waals surface area (Å²) in [5, 5.41) is 12.1. The third-order valence-corrected chi connectivity index (χ3v) is 4.94. The molecule has 0 unspecified atom stereocenters. The number of phenols is 1. The van der Waals surface area contributed by atoms with Crippen LogP contribution < -0.4 is 0 Å². The fraction of sp³-hybridized carbons (Fsp3) is 0.400. The highest BCUT2D eigenvalue weighted by atomic mass is 16.3. The number of carbonyl (C=O) groups is 2. The van der Waals surface area contributed by atoms with Crippen LogP contribution in [-0.2, 0) is 4.79 Å². The van der Waals surface area contributed by atoms with Gasteiger partial charge in [0.25, 0.3) is 5.91 Å². The molecule has 0 spiro atoms. The molecule has 1 aliphatic rings. The highest BCUT2D eigenvalue weighted by Crippen LogP contribution is 2.30. The van der Waals surface area contributed by atoms with Crippen LogP contribution in [0.15, 0.2) is 36.4 Å². The second-order valence-electron chi connectivity index (χ2n) is 6.60. The molecule has 3 rings (SSSR count). The van der Waals surface area contributed by atoms with E-state index in [4.69, 9.17) is 0 Å². The van der Waals surface area contributed by atoms with Gasteiger partial charge in [-0.25, -0.2) is 0 Å². The average Bonchev–Trinajstić information content (AvgIpc) is 2.63. The van der Waals surface area contributed by atoms with E-state index >= 15 is 0 Å². The van der Waals surface area contributed by atoms with Crippen molar-refractivity contribution in [1.82, 2.24) is 9.80 Å². The molecule has 1 heterocycles. The van der Waals surface area contributed by atoms with Crippen molar-refractivity contribution in [2.45, 2.75) is 32.2 Å². The molecule has 1 atom stereocenters. The molecule has 132 valence electrons. The first-order valence-electron chi connectivity index (χ1n) is 8.81. The van der Waals surface area contributed by atoms with E-state index in [2.05, 4.69) is 6.92 Å². The summed E-state index contributed by atoms with van der Waals surface area (Å²) in [6.45, 7) is 3.07. The molecule has 2 amide bonds. The number of rotatable bonds is 4. The van der Waals surface area contributed by atoms with Crippen molar-refractivity contribution in [2.24, 2.45) is 0 Å². The molecule has 1 fully saturated rings. The van der Waals surface area contributed by atoms with Gasteiger partial charge in [0.15, 0.2) is 0 Å². The van der Waals surface area contributed by atoms with E-state index in [0.29, 0.717) is 24.9 Å². The van der Waals surface area contributed by atoms with Gasteiger partial charge in [-0.15, -0.1) is 0 Å². The lowest BCUT2D eigenvalue weighted by Gasteiger charge is -2.39. The molecule has 0 radical (unpaired) electrons. The van der Waals surface area contributed by atoms with Crippen LogP contribution in [0.3, 0.4) is 0 Å². The van der Waals surface area contributed by atoms with Crippen molar-refractivity contribution < 1.29 is 14.7 Å². The smallest absolute Gasteiger partial charge is 0.258 e. The van der Waals surface area contributed by atoms with Gasteiger partial charge >= 0.3 is 0 Å². The van der Waals surface area contributed by atoms with Crippen molar-refractivity contribution in [2.75, 3.05) is 20.1 Å². The predicted molar refractivity (Wildman–Crippen MR) is 97.6 cm³/mol. The Morgan fingerprint density at radius 1 is 1.20 bits per heavy atom. The number of fused-ring (bicyclic) bond motifs is 1. The minimum atomic E-state index is -0.447. The van der Waals surface area contributed by atoms with E-state index < -0.39 is 6.04 Å². The van der Waals surface area contributed by atoms with Gasteiger partial charge in [0.1, 0.15) is 11.8 Å². The summed E-state index contributed by atoms with van der Waals surface area (Å²) in [5.74, 6) is -0.303. The van der Waals surface area contributed by atoms with E-state index in [1.54, 1.807) is 29.0 Å². The van der Waals surface area contributed by atoms with Crippen molar-refractivity contribution in [1.29, 1.82) is 0 Å². The second kappa shape index (κ2) is 7.13. The molecule has 2 aromatic rings. The highest BCUT2D eigenvalue weighted by molar-refractivity contribution is 6.05. The number of likely N-dealkylation sites (N-methyl/N-ethyl adjacent to an activating group) is 1. The molecular weight excluding hydrogens is 316 g/mol. The molecule has 0 saturated carbocycles. The lowest BCUT2D eigenvalue weighted by atomic mass is 10.0. The normalized spacial score (nSPS) is 18.0. The number of aromatic hydroxyl groups is 1. The van der Waals surface area contributed by atoms with Gasteiger partial charge in [0, 0.05) is 25.5 Å². The van der Waals surface area contributed by atoms with E-state index in [1.807, 2.05) is 24.3 Å². The standard InChI is InChI=1S/C20H24N2O3/c1-3-4-9-17-20(25)21(2)12-13-22(17)19(24)16-11-10-14-7-5-6-8-15(14)18(16)23/h5-8,10-11,17,23H,3-4,9,12-13H2,1-2H3/t17-/m0/s1. The Bertz CT molecular complexity index is 803. The summed E-state index contributed by atoms with van der Waals surface area (Å²) in [6.07, 6.45) is 2.51. The number of nitrogens with zero attached hydrogens (tertiary/aromatic N) is 2. The maximum Gasteiger partial charge on any atom is 0.258 e. The zero-order chi connectivity index (χ0) is 18.0. The first-order chi connectivity index (χ1) is 12.0. The van der Waals surface area contributed by atoms with E-state index in [0.717, 1.165) is 18.2 Å².